The van der Waals surface area contributed by atoms with Crippen molar-refractivity contribution in [3.63, 3.8) is 0 Å². The molecule has 1 N–H and O–H groups in total. The fraction of sp³-hybridized carbons (Fsp3) is 0.562. The van der Waals surface area contributed by atoms with Gasteiger partial charge in [0, 0.05) is 25.2 Å². The highest BCUT2D eigenvalue weighted by Gasteiger charge is 2.27. The van der Waals surface area contributed by atoms with E-state index in [9.17, 15) is 4.79 Å². The second-order valence-electron chi connectivity index (χ2n) is 5.34. The van der Waals surface area contributed by atoms with Gasteiger partial charge in [0.2, 0.25) is 5.91 Å². The largest absolute Gasteiger partial charge is 0.497 e. The van der Waals surface area contributed by atoms with Gasteiger partial charge in [0.1, 0.15) is 11.5 Å². The molecule has 0 aliphatic carbocycles. The van der Waals surface area contributed by atoms with Crippen molar-refractivity contribution in [1.82, 2.24) is 10.2 Å². The van der Waals surface area contributed by atoms with Gasteiger partial charge in [-0.1, -0.05) is 0 Å². The van der Waals surface area contributed by atoms with E-state index in [-0.39, 0.29) is 24.4 Å². The molecule has 2 unspecified atom stereocenters. The predicted molar refractivity (Wildman–Crippen MR) is 89.0 cm³/mol. The van der Waals surface area contributed by atoms with Crippen LogP contribution in [0.5, 0.6) is 11.5 Å². The Labute approximate surface area is 138 Å². The first-order chi connectivity index (χ1) is 10.1. The summed E-state index contributed by atoms with van der Waals surface area (Å²) in [6, 6.07) is 7.95. The zero-order valence-corrected chi connectivity index (χ0v) is 14.2. The highest BCUT2D eigenvalue weighted by Crippen LogP contribution is 2.17. The summed E-state index contributed by atoms with van der Waals surface area (Å²) in [6.07, 6.45) is 0.406. The summed E-state index contributed by atoms with van der Waals surface area (Å²) in [6.45, 7) is 6.22. The van der Waals surface area contributed by atoms with Gasteiger partial charge in [0.05, 0.1) is 20.1 Å². The summed E-state index contributed by atoms with van der Waals surface area (Å²) < 4.78 is 10.7. The van der Waals surface area contributed by atoms with Gasteiger partial charge in [0.25, 0.3) is 0 Å². The summed E-state index contributed by atoms with van der Waals surface area (Å²) in [5.41, 5.74) is 0. The number of carbonyl (C=O) groups is 1. The van der Waals surface area contributed by atoms with E-state index in [1.807, 2.05) is 29.2 Å². The van der Waals surface area contributed by atoms with Crippen LogP contribution >= 0.6 is 12.4 Å². The van der Waals surface area contributed by atoms with Crippen LogP contribution in [-0.2, 0) is 4.79 Å². The van der Waals surface area contributed by atoms with E-state index >= 15 is 0 Å². The molecule has 124 valence electrons. The van der Waals surface area contributed by atoms with Crippen molar-refractivity contribution in [3.8, 4) is 11.5 Å². The first-order valence-corrected chi connectivity index (χ1v) is 7.41. The van der Waals surface area contributed by atoms with Crippen molar-refractivity contribution in [2.24, 2.45) is 0 Å². The number of rotatable bonds is 5. The van der Waals surface area contributed by atoms with E-state index in [4.69, 9.17) is 9.47 Å². The molecule has 6 heteroatoms. The molecule has 1 aliphatic heterocycles. The van der Waals surface area contributed by atoms with Gasteiger partial charge in [-0.15, -0.1) is 12.4 Å². The Hall–Kier alpha value is -1.46. The van der Waals surface area contributed by atoms with Crippen LogP contribution in [-0.4, -0.2) is 49.7 Å². The SMILES string of the molecule is COc1ccc(OCCC(=O)N2CCNC(C)C2C)cc1.Cl. The maximum atomic E-state index is 12.2. The van der Waals surface area contributed by atoms with Gasteiger partial charge in [-0.2, -0.15) is 0 Å². The number of methoxy groups -OCH3 is 1. The Balaban J connectivity index is 0.00000242. The molecule has 0 bridgehead atoms. The first kappa shape index (κ1) is 18.6. The monoisotopic (exact) mass is 328 g/mol. The number of nitrogens with zero attached hydrogens (tertiary/aromatic N) is 1. The van der Waals surface area contributed by atoms with E-state index in [0.29, 0.717) is 19.1 Å². The summed E-state index contributed by atoms with van der Waals surface area (Å²) in [5.74, 6) is 1.71. The highest BCUT2D eigenvalue weighted by atomic mass is 35.5. The Kier molecular flexibility index (Phi) is 7.48. The molecule has 22 heavy (non-hydrogen) atoms. The van der Waals surface area contributed by atoms with Crippen LogP contribution in [0.25, 0.3) is 0 Å². The molecule has 0 aromatic heterocycles. The molecule has 1 amide bonds. The van der Waals surface area contributed by atoms with Gasteiger partial charge in [-0.3, -0.25) is 4.79 Å². The Morgan fingerprint density at radius 2 is 1.91 bits per heavy atom. The van der Waals surface area contributed by atoms with E-state index in [0.717, 1.165) is 24.6 Å². The summed E-state index contributed by atoms with van der Waals surface area (Å²) >= 11 is 0. The van der Waals surface area contributed by atoms with Crippen LogP contribution < -0.4 is 14.8 Å². The smallest absolute Gasteiger partial charge is 0.226 e. The fourth-order valence-corrected chi connectivity index (χ4v) is 2.48. The second-order valence-corrected chi connectivity index (χ2v) is 5.34. The van der Waals surface area contributed by atoms with Crippen LogP contribution in [0.4, 0.5) is 0 Å². The molecule has 2 rings (SSSR count). The number of nitrogens with one attached hydrogen (secondary N) is 1. The number of hydrogen-bond acceptors (Lipinski definition) is 4. The zero-order valence-electron chi connectivity index (χ0n) is 13.4. The molecule has 1 fully saturated rings. The van der Waals surface area contributed by atoms with Crippen molar-refractivity contribution in [2.45, 2.75) is 32.4 Å². The molecular formula is C16H25ClN2O3. The number of carbonyl (C=O) groups excluding carboxylic acids is 1. The van der Waals surface area contributed by atoms with Crippen LogP contribution in [0.2, 0.25) is 0 Å². The minimum absolute atomic E-state index is 0. The number of amides is 1. The average Bonchev–Trinajstić information content (AvgIpc) is 2.50. The van der Waals surface area contributed by atoms with Crippen molar-refractivity contribution >= 4 is 18.3 Å². The molecule has 0 radical (unpaired) electrons. The topological polar surface area (TPSA) is 50.8 Å². The van der Waals surface area contributed by atoms with Gasteiger partial charge in [-0.05, 0) is 38.1 Å². The molecule has 2 atom stereocenters. The summed E-state index contributed by atoms with van der Waals surface area (Å²) in [7, 11) is 1.63. The highest BCUT2D eigenvalue weighted by molar-refractivity contribution is 5.85. The van der Waals surface area contributed by atoms with Gasteiger partial charge in [-0.25, -0.2) is 0 Å². The third kappa shape index (κ3) is 4.78. The van der Waals surface area contributed by atoms with Gasteiger partial charge in [0.15, 0.2) is 0 Å². The maximum Gasteiger partial charge on any atom is 0.226 e. The molecule has 0 spiro atoms. The maximum absolute atomic E-state index is 12.2. The third-order valence-electron chi connectivity index (χ3n) is 4.00. The lowest BCUT2D eigenvalue weighted by Crippen LogP contribution is -2.57. The Morgan fingerprint density at radius 3 is 2.55 bits per heavy atom. The minimum atomic E-state index is 0. The van der Waals surface area contributed by atoms with Crippen LogP contribution in [0, 0.1) is 0 Å². The number of ether oxygens (including phenoxy) is 2. The van der Waals surface area contributed by atoms with Crippen LogP contribution in [0.15, 0.2) is 24.3 Å². The number of hydrogen-bond donors (Lipinski definition) is 1. The third-order valence-corrected chi connectivity index (χ3v) is 4.00. The average molecular weight is 329 g/mol. The van der Waals surface area contributed by atoms with Crippen molar-refractivity contribution in [2.75, 3.05) is 26.8 Å². The first-order valence-electron chi connectivity index (χ1n) is 7.41. The van der Waals surface area contributed by atoms with Crippen molar-refractivity contribution in [1.29, 1.82) is 0 Å². The fourth-order valence-electron chi connectivity index (χ4n) is 2.48. The lowest BCUT2D eigenvalue weighted by Gasteiger charge is -2.38. The molecule has 5 nitrogen and oxygen atoms in total. The molecule has 1 aromatic rings. The van der Waals surface area contributed by atoms with E-state index in [1.54, 1.807) is 7.11 Å². The van der Waals surface area contributed by atoms with E-state index < -0.39 is 0 Å². The zero-order chi connectivity index (χ0) is 15.2. The molecular weight excluding hydrogens is 304 g/mol. The summed E-state index contributed by atoms with van der Waals surface area (Å²) in [4.78, 5) is 14.2. The lowest BCUT2D eigenvalue weighted by molar-refractivity contribution is -0.135. The van der Waals surface area contributed by atoms with Gasteiger partial charge < -0.3 is 19.7 Å². The predicted octanol–water partition coefficient (Wildman–Crippen LogP) is 2.09. The van der Waals surface area contributed by atoms with E-state index in [2.05, 4.69) is 19.2 Å². The molecule has 0 saturated carbocycles. The number of halogens is 1. The standard InChI is InChI=1S/C16H24N2O3.ClH/c1-12-13(2)18(10-9-17-12)16(19)8-11-21-15-6-4-14(20-3)5-7-15;/h4-7,12-13,17H,8-11H2,1-3H3;1H. The van der Waals surface area contributed by atoms with E-state index in [1.165, 1.54) is 0 Å². The molecule has 1 aliphatic rings. The number of benzene rings is 1. The molecule has 1 heterocycles. The molecule has 1 saturated heterocycles. The van der Waals surface area contributed by atoms with Crippen molar-refractivity contribution < 1.29 is 14.3 Å². The lowest BCUT2D eigenvalue weighted by atomic mass is 10.1. The summed E-state index contributed by atoms with van der Waals surface area (Å²) in [5, 5.41) is 3.37. The Bertz CT molecular complexity index is 467. The molecule has 1 aromatic carbocycles. The van der Waals surface area contributed by atoms with Crippen LogP contribution in [0.1, 0.15) is 20.3 Å². The normalized spacial score (nSPS) is 21.0. The van der Waals surface area contributed by atoms with Crippen LogP contribution in [0.3, 0.4) is 0 Å². The van der Waals surface area contributed by atoms with Gasteiger partial charge >= 0.3 is 0 Å². The number of piperazine rings is 1. The minimum Gasteiger partial charge on any atom is -0.497 e. The Morgan fingerprint density at radius 1 is 1.27 bits per heavy atom. The van der Waals surface area contributed by atoms with Crippen molar-refractivity contribution in [3.05, 3.63) is 24.3 Å². The second kappa shape index (κ2) is 8.86. The quantitative estimate of drug-likeness (QED) is 0.899.